The van der Waals surface area contributed by atoms with E-state index in [0.29, 0.717) is 0 Å². The number of hydrogen-bond donors (Lipinski definition) is 0. The minimum absolute atomic E-state index is 0.0620. The van der Waals surface area contributed by atoms with Gasteiger partial charge in [-0.3, -0.25) is 0 Å². The molecule has 0 N–H and O–H groups in total. The second-order valence-corrected chi connectivity index (χ2v) is 14.3. The van der Waals surface area contributed by atoms with Crippen LogP contribution >= 0.6 is 0 Å². The first-order valence-electron chi connectivity index (χ1n) is 9.76. The summed E-state index contributed by atoms with van der Waals surface area (Å²) in [5, 5.41) is 0. The van der Waals surface area contributed by atoms with E-state index in [1.165, 1.54) is 0 Å². The fraction of sp³-hybridized carbons (Fsp3) is 1.00. The molecule has 27 heavy (non-hydrogen) atoms. The first kappa shape index (κ1) is 27.6. The lowest BCUT2D eigenvalue weighted by molar-refractivity contribution is 0.0468. The molecule has 0 aliphatic rings. The zero-order valence-electron chi connectivity index (χ0n) is 18.5. The van der Waals surface area contributed by atoms with Crippen molar-refractivity contribution in [1.82, 2.24) is 0 Å². The summed E-state index contributed by atoms with van der Waals surface area (Å²) in [6.07, 6.45) is 6.37. The van der Waals surface area contributed by atoms with Crippen molar-refractivity contribution in [2.75, 3.05) is 42.7 Å². The summed E-state index contributed by atoms with van der Waals surface area (Å²) >= 11 is 0. The van der Waals surface area contributed by atoms with E-state index in [-0.39, 0.29) is 5.60 Å². The molecule has 0 atom stereocenters. The van der Waals surface area contributed by atoms with Gasteiger partial charge in [-0.1, -0.05) is 0 Å². The molecule has 0 radical (unpaired) electrons. The highest BCUT2D eigenvalue weighted by Crippen LogP contribution is 2.32. The van der Waals surface area contributed by atoms with E-state index in [1.54, 1.807) is 42.7 Å². The molecule has 164 valence electrons. The van der Waals surface area contributed by atoms with E-state index in [1.807, 2.05) is 0 Å². The van der Waals surface area contributed by atoms with Crippen molar-refractivity contribution in [1.29, 1.82) is 0 Å². The first-order valence-corrected chi connectivity index (χ1v) is 15.9. The van der Waals surface area contributed by atoms with E-state index in [2.05, 4.69) is 0 Å². The van der Waals surface area contributed by atoms with Crippen molar-refractivity contribution in [2.24, 2.45) is 0 Å². The fourth-order valence-corrected chi connectivity index (χ4v) is 7.67. The van der Waals surface area contributed by atoms with Crippen molar-refractivity contribution in [3.63, 3.8) is 0 Å². The lowest BCUT2D eigenvalue weighted by atomic mass is 9.88. The third kappa shape index (κ3) is 12.0. The van der Waals surface area contributed by atoms with Crippen LogP contribution in [0.4, 0.5) is 0 Å². The molecule has 0 aliphatic carbocycles. The molecule has 0 fully saturated rings. The van der Waals surface area contributed by atoms with Gasteiger partial charge in [0, 0.05) is 42.7 Å². The molecule has 0 bridgehead atoms. The predicted molar refractivity (Wildman–Crippen MR) is 119 cm³/mol. The van der Waals surface area contributed by atoms with Crippen LogP contribution < -0.4 is 0 Å². The molecule has 0 aromatic rings. The van der Waals surface area contributed by atoms with E-state index in [9.17, 15) is 0 Å². The lowest BCUT2D eigenvalue weighted by Gasteiger charge is -2.34. The molecule has 11 heteroatoms. The smallest absolute Gasteiger partial charge is 0.320 e. The molecule has 0 amide bonds. The molecule has 7 nitrogen and oxygen atoms in total. The Morgan fingerprint density at radius 3 is 1.00 bits per heavy atom. The molecule has 0 unspecified atom stereocenters. The topological polar surface area (TPSA) is 64.6 Å². The summed E-state index contributed by atoms with van der Waals surface area (Å²) < 4.78 is 39.0. The van der Waals surface area contributed by atoms with Crippen molar-refractivity contribution >= 4 is 38.3 Å². The molecule has 0 aromatic carbocycles. The second-order valence-electron chi connectivity index (χ2n) is 6.77. The Kier molecular flexibility index (Phi) is 17.8. The Balaban J connectivity index is 4.74. The van der Waals surface area contributed by atoms with Gasteiger partial charge in [0.15, 0.2) is 0 Å². The van der Waals surface area contributed by atoms with E-state index in [4.69, 9.17) is 31.0 Å². The molecule has 0 aromatic heterocycles. The number of rotatable bonds is 19. The summed E-state index contributed by atoms with van der Waals surface area (Å²) in [6.45, 7) is 0. The van der Waals surface area contributed by atoms with Crippen LogP contribution in [0.3, 0.4) is 0 Å². The van der Waals surface area contributed by atoms with Gasteiger partial charge < -0.3 is 31.0 Å². The zero-order valence-corrected chi connectivity index (χ0v) is 23.9. The van der Waals surface area contributed by atoms with Gasteiger partial charge in [-0.05, 0) is 56.7 Å². The standard InChI is InChI=1S/C16H42O7Si4/c1-17-25(18-2)13-7-10-16(23-24,11-8-14-26(19-3)20-4)12-9-15-27(21-5)22-6/h25-27H,7-15H2,1-6,24H3. The third-order valence-electron chi connectivity index (χ3n) is 5.23. The van der Waals surface area contributed by atoms with Crippen LogP contribution in [0, 0.1) is 0 Å². The molecule has 0 rings (SSSR count). The SMILES string of the molecule is CO[SiH](CCCC(CCC[SiH](OC)OC)(CCC[SiH](OC)OC)O[SiH3])OC. The predicted octanol–water partition coefficient (Wildman–Crippen LogP) is 0.903. The van der Waals surface area contributed by atoms with E-state index in [0.717, 1.165) is 67.1 Å². The second kappa shape index (κ2) is 17.4. The lowest BCUT2D eigenvalue weighted by Crippen LogP contribution is -2.34. The zero-order chi connectivity index (χ0) is 20.5. The van der Waals surface area contributed by atoms with Crippen molar-refractivity contribution in [2.45, 2.75) is 62.3 Å². The molecule has 0 heterocycles. The van der Waals surface area contributed by atoms with Gasteiger partial charge in [0.2, 0.25) is 0 Å². The van der Waals surface area contributed by atoms with Crippen molar-refractivity contribution in [3.05, 3.63) is 0 Å². The first-order chi connectivity index (χ1) is 13.0. The van der Waals surface area contributed by atoms with Gasteiger partial charge in [0.05, 0.1) is 5.60 Å². The average molecular weight is 459 g/mol. The average Bonchev–Trinajstić information content (AvgIpc) is 2.71. The Hall–Kier alpha value is 0.588. The summed E-state index contributed by atoms with van der Waals surface area (Å²) in [5.41, 5.74) is -0.0620. The highest BCUT2D eigenvalue weighted by Gasteiger charge is 2.30. The van der Waals surface area contributed by atoms with Gasteiger partial charge in [0.25, 0.3) is 0 Å². The molecule has 0 saturated heterocycles. The van der Waals surface area contributed by atoms with Gasteiger partial charge in [-0.25, -0.2) is 0 Å². The van der Waals surface area contributed by atoms with Gasteiger partial charge in [-0.2, -0.15) is 0 Å². The molecule has 0 aliphatic heterocycles. The molecular formula is C16H42O7Si4. The maximum absolute atomic E-state index is 6.23. The summed E-state index contributed by atoms with van der Waals surface area (Å²) in [7, 11) is 6.69. The highest BCUT2D eigenvalue weighted by atomic mass is 28.3. The molecule has 0 spiro atoms. The Labute approximate surface area is 174 Å². The number of hydrogen-bond acceptors (Lipinski definition) is 7. The largest absolute Gasteiger partial charge is 0.422 e. The van der Waals surface area contributed by atoms with Crippen LogP contribution in [0.2, 0.25) is 18.1 Å². The van der Waals surface area contributed by atoms with Crippen molar-refractivity contribution in [3.8, 4) is 0 Å². The summed E-state index contributed by atoms with van der Waals surface area (Å²) in [6, 6.07) is 3.04. The van der Waals surface area contributed by atoms with Gasteiger partial charge >= 0.3 is 27.9 Å². The monoisotopic (exact) mass is 458 g/mol. The van der Waals surface area contributed by atoms with Gasteiger partial charge in [-0.15, -0.1) is 0 Å². The van der Waals surface area contributed by atoms with Crippen LogP contribution in [-0.4, -0.2) is 86.6 Å². The normalized spacial score (nSPS) is 12.8. The van der Waals surface area contributed by atoms with Crippen LogP contribution in [-0.2, 0) is 31.0 Å². The fourth-order valence-electron chi connectivity index (χ4n) is 3.45. The Morgan fingerprint density at radius 1 is 0.556 bits per heavy atom. The maximum atomic E-state index is 6.23. The summed E-state index contributed by atoms with van der Waals surface area (Å²) in [4.78, 5) is 0. The van der Waals surface area contributed by atoms with Crippen LogP contribution in [0.1, 0.15) is 38.5 Å². The summed E-state index contributed by atoms with van der Waals surface area (Å²) in [5.74, 6) is 0. The molecular weight excluding hydrogens is 417 g/mol. The van der Waals surface area contributed by atoms with E-state index < -0.39 is 27.9 Å². The quantitative estimate of drug-likeness (QED) is 0.266. The third-order valence-corrected chi connectivity index (χ3v) is 11.9. The Morgan fingerprint density at radius 2 is 0.815 bits per heavy atom. The Bertz CT molecular complexity index is 284. The van der Waals surface area contributed by atoms with Crippen LogP contribution in [0.5, 0.6) is 0 Å². The van der Waals surface area contributed by atoms with E-state index >= 15 is 0 Å². The van der Waals surface area contributed by atoms with Crippen LogP contribution in [0.15, 0.2) is 0 Å². The highest BCUT2D eigenvalue weighted by molar-refractivity contribution is 6.44. The van der Waals surface area contributed by atoms with Gasteiger partial charge in [0.1, 0.15) is 10.5 Å². The maximum Gasteiger partial charge on any atom is 0.320 e. The minimum atomic E-state index is -1.51. The minimum Gasteiger partial charge on any atom is -0.422 e. The van der Waals surface area contributed by atoms with Crippen LogP contribution in [0.25, 0.3) is 0 Å². The molecule has 0 saturated carbocycles. The van der Waals surface area contributed by atoms with Crippen molar-refractivity contribution < 1.29 is 31.0 Å².